The maximum absolute atomic E-state index is 5.89. The molecule has 1 heterocycles. The second-order valence-electron chi connectivity index (χ2n) is 5.17. The molecule has 2 unspecified atom stereocenters. The van der Waals surface area contributed by atoms with Crippen LogP contribution in [0, 0.1) is 0 Å². The Hall–Kier alpha value is -0.940. The van der Waals surface area contributed by atoms with Crippen molar-refractivity contribution in [1.82, 2.24) is 10.1 Å². The van der Waals surface area contributed by atoms with Gasteiger partial charge < -0.3 is 15.0 Å². The number of ether oxygens (including phenoxy) is 1. The van der Waals surface area contributed by atoms with Crippen LogP contribution in [-0.4, -0.2) is 22.8 Å². The van der Waals surface area contributed by atoms with E-state index in [1.807, 2.05) is 20.8 Å². The van der Waals surface area contributed by atoms with Crippen LogP contribution < -0.4 is 5.73 Å². The van der Waals surface area contributed by atoms with E-state index in [9.17, 15) is 0 Å². The Morgan fingerprint density at radius 2 is 2.24 bits per heavy atom. The van der Waals surface area contributed by atoms with Crippen LogP contribution in [0.15, 0.2) is 4.52 Å². The normalized spacial score (nSPS) is 25.4. The van der Waals surface area contributed by atoms with E-state index in [1.54, 1.807) is 0 Å². The quantitative estimate of drug-likeness (QED) is 0.869. The molecule has 1 saturated carbocycles. The lowest BCUT2D eigenvalue weighted by molar-refractivity contribution is -0.0221. The first-order valence-electron chi connectivity index (χ1n) is 6.26. The molecule has 1 aliphatic rings. The Bertz CT molecular complexity index is 376. The molecule has 0 amide bonds. The summed E-state index contributed by atoms with van der Waals surface area (Å²) in [5.74, 6) is 1.65. The second kappa shape index (κ2) is 4.74. The number of nitrogens with two attached hydrogens (primary N) is 1. The summed E-state index contributed by atoms with van der Waals surface area (Å²) < 4.78 is 10.9. The first-order chi connectivity index (χ1) is 8.03. The van der Waals surface area contributed by atoms with Crippen LogP contribution in [0.4, 0.5) is 0 Å². The average molecular weight is 239 g/mol. The summed E-state index contributed by atoms with van der Waals surface area (Å²) in [5, 5.41) is 4.02. The van der Waals surface area contributed by atoms with Crippen LogP contribution in [0.25, 0.3) is 0 Å². The van der Waals surface area contributed by atoms with Gasteiger partial charge in [-0.1, -0.05) is 5.16 Å². The minimum absolute atomic E-state index is 0.273. The Kier molecular flexibility index (Phi) is 3.49. The second-order valence-corrected chi connectivity index (χ2v) is 5.17. The molecule has 1 fully saturated rings. The van der Waals surface area contributed by atoms with Crippen LogP contribution in [0.2, 0.25) is 0 Å². The fraction of sp³-hybridized carbons (Fsp3) is 0.833. The third-order valence-electron chi connectivity index (χ3n) is 3.31. The molecule has 2 rings (SSSR count). The van der Waals surface area contributed by atoms with Gasteiger partial charge in [-0.05, 0) is 40.0 Å². The van der Waals surface area contributed by atoms with Crippen molar-refractivity contribution in [3.05, 3.63) is 11.7 Å². The molecule has 17 heavy (non-hydrogen) atoms. The van der Waals surface area contributed by atoms with Gasteiger partial charge in [-0.15, -0.1) is 0 Å². The van der Waals surface area contributed by atoms with E-state index in [0.717, 1.165) is 19.3 Å². The van der Waals surface area contributed by atoms with Gasteiger partial charge in [-0.25, -0.2) is 0 Å². The van der Waals surface area contributed by atoms with Crippen molar-refractivity contribution in [2.24, 2.45) is 5.73 Å². The van der Waals surface area contributed by atoms with E-state index in [0.29, 0.717) is 24.2 Å². The first kappa shape index (κ1) is 12.5. The molecule has 1 aliphatic carbocycles. The van der Waals surface area contributed by atoms with E-state index in [1.165, 1.54) is 0 Å². The number of hydrogen-bond acceptors (Lipinski definition) is 5. The van der Waals surface area contributed by atoms with Crippen molar-refractivity contribution >= 4 is 0 Å². The summed E-state index contributed by atoms with van der Waals surface area (Å²) in [5.41, 5.74) is 5.40. The highest BCUT2D eigenvalue weighted by Crippen LogP contribution is 2.33. The summed E-state index contributed by atoms with van der Waals surface area (Å²) in [6.07, 6.45) is 3.02. The highest BCUT2D eigenvalue weighted by molar-refractivity contribution is 5.03. The topological polar surface area (TPSA) is 74.2 Å². The minimum Gasteiger partial charge on any atom is -0.368 e. The molecule has 96 valence electrons. The molecule has 0 radical (unpaired) electrons. The van der Waals surface area contributed by atoms with Gasteiger partial charge in [-0.2, -0.15) is 4.98 Å². The number of hydrogen-bond donors (Lipinski definition) is 1. The lowest BCUT2D eigenvalue weighted by Gasteiger charge is -2.19. The minimum atomic E-state index is -0.489. The number of rotatable bonds is 4. The van der Waals surface area contributed by atoms with Gasteiger partial charge in [0.2, 0.25) is 11.7 Å². The highest BCUT2D eigenvalue weighted by Gasteiger charge is 2.32. The van der Waals surface area contributed by atoms with Gasteiger partial charge in [0, 0.05) is 18.6 Å². The molecule has 1 aromatic heterocycles. The number of nitrogens with zero attached hydrogens (tertiary/aromatic N) is 2. The molecule has 0 saturated heterocycles. The third kappa shape index (κ3) is 2.66. The van der Waals surface area contributed by atoms with Gasteiger partial charge in [0.25, 0.3) is 0 Å². The fourth-order valence-electron chi connectivity index (χ4n) is 2.31. The Morgan fingerprint density at radius 3 is 2.82 bits per heavy atom. The lowest BCUT2D eigenvalue weighted by atomic mass is 10.1. The first-order valence-corrected chi connectivity index (χ1v) is 6.26. The predicted octanol–water partition coefficient (Wildman–Crippen LogP) is 1.94. The van der Waals surface area contributed by atoms with E-state index < -0.39 is 5.60 Å². The Labute approximate surface area is 102 Å². The monoisotopic (exact) mass is 239 g/mol. The van der Waals surface area contributed by atoms with Crippen molar-refractivity contribution in [3.8, 4) is 0 Å². The predicted molar refractivity (Wildman–Crippen MR) is 63.5 cm³/mol. The third-order valence-corrected chi connectivity index (χ3v) is 3.31. The van der Waals surface area contributed by atoms with E-state index in [-0.39, 0.29) is 6.04 Å². The molecular formula is C12H21N3O2. The van der Waals surface area contributed by atoms with Crippen molar-refractivity contribution in [1.29, 1.82) is 0 Å². The largest absolute Gasteiger partial charge is 0.368 e. The molecule has 0 bridgehead atoms. The van der Waals surface area contributed by atoms with Crippen LogP contribution in [0.3, 0.4) is 0 Å². The molecule has 0 spiro atoms. The lowest BCUT2D eigenvalue weighted by Crippen LogP contribution is -2.23. The maximum atomic E-state index is 5.89. The highest BCUT2D eigenvalue weighted by atomic mass is 16.5. The van der Waals surface area contributed by atoms with Gasteiger partial charge in [0.05, 0.1) is 0 Å². The van der Waals surface area contributed by atoms with Crippen LogP contribution in [-0.2, 0) is 10.3 Å². The van der Waals surface area contributed by atoms with E-state index in [4.69, 9.17) is 15.0 Å². The molecule has 0 aromatic carbocycles. The van der Waals surface area contributed by atoms with E-state index in [2.05, 4.69) is 10.1 Å². The summed E-state index contributed by atoms with van der Waals surface area (Å²) >= 11 is 0. The zero-order valence-corrected chi connectivity index (χ0v) is 10.8. The van der Waals surface area contributed by atoms with Crippen molar-refractivity contribution in [3.63, 3.8) is 0 Å². The van der Waals surface area contributed by atoms with Crippen molar-refractivity contribution < 1.29 is 9.26 Å². The molecule has 2 N–H and O–H groups in total. The van der Waals surface area contributed by atoms with Crippen molar-refractivity contribution in [2.75, 3.05) is 6.61 Å². The smallest absolute Gasteiger partial charge is 0.229 e. The van der Waals surface area contributed by atoms with Crippen LogP contribution in [0.5, 0.6) is 0 Å². The van der Waals surface area contributed by atoms with Crippen molar-refractivity contribution in [2.45, 2.75) is 57.6 Å². The van der Waals surface area contributed by atoms with E-state index >= 15 is 0 Å². The van der Waals surface area contributed by atoms with Gasteiger partial charge >= 0.3 is 0 Å². The van der Waals surface area contributed by atoms with Crippen LogP contribution in [0.1, 0.15) is 57.7 Å². The standard InChI is InChI=1S/C12H21N3O2/c1-4-16-12(2,3)11-14-10(17-15-11)8-5-6-9(13)7-8/h8-9H,4-7,13H2,1-3H3. The SMILES string of the molecule is CCOC(C)(C)c1noc(C2CCC(N)C2)n1. The maximum Gasteiger partial charge on any atom is 0.229 e. The fourth-order valence-corrected chi connectivity index (χ4v) is 2.31. The zero-order valence-electron chi connectivity index (χ0n) is 10.8. The van der Waals surface area contributed by atoms with Gasteiger partial charge in [0.1, 0.15) is 5.60 Å². The molecule has 2 atom stereocenters. The molecule has 1 aromatic rings. The zero-order chi connectivity index (χ0) is 12.5. The van der Waals surface area contributed by atoms with Gasteiger partial charge in [0.15, 0.2) is 0 Å². The summed E-state index contributed by atoms with van der Waals surface area (Å²) in [6, 6.07) is 0.273. The van der Waals surface area contributed by atoms with Crippen LogP contribution >= 0.6 is 0 Å². The molecular weight excluding hydrogens is 218 g/mol. The molecule has 5 nitrogen and oxygen atoms in total. The molecule has 0 aliphatic heterocycles. The average Bonchev–Trinajstić information content (AvgIpc) is 2.85. The Morgan fingerprint density at radius 1 is 1.47 bits per heavy atom. The summed E-state index contributed by atoms with van der Waals surface area (Å²) in [7, 11) is 0. The Balaban J connectivity index is 2.10. The summed E-state index contributed by atoms with van der Waals surface area (Å²) in [6.45, 7) is 6.49. The number of aromatic nitrogens is 2. The molecule has 5 heteroatoms. The summed E-state index contributed by atoms with van der Waals surface area (Å²) in [4.78, 5) is 4.46. The van der Waals surface area contributed by atoms with Gasteiger partial charge in [-0.3, -0.25) is 0 Å².